The largest absolute Gasteiger partial charge is 0.508 e. The van der Waals surface area contributed by atoms with Crippen LogP contribution >= 0.6 is 0 Å². The van der Waals surface area contributed by atoms with Gasteiger partial charge in [0.15, 0.2) is 11.5 Å². The average molecular weight is 493 g/mol. The number of phenolic OH excluding ortho intramolecular Hbond substituents is 1. The molecule has 0 saturated heterocycles. The van der Waals surface area contributed by atoms with E-state index in [-0.39, 0.29) is 18.0 Å². The first-order valence-corrected chi connectivity index (χ1v) is 13.2. The number of aliphatic hydroxyl groups excluding tert-OH is 1. The minimum Gasteiger partial charge on any atom is -0.508 e. The molecular weight excluding hydrogens is 452 g/mol. The van der Waals surface area contributed by atoms with Gasteiger partial charge in [0.05, 0.1) is 13.2 Å². The smallest absolute Gasteiger partial charge is 0.161 e. The predicted octanol–water partition coefficient (Wildman–Crippen LogP) is 6.92. The molecule has 2 N–H and O–H groups in total. The van der Waals surface area contributed by atoms with Crippen molar-refractivity contribution in [3.63, 3.8) is 0 Å². The lowest BCUT2D eigenvalue weighted by molar-refractivity contribution is -0.121. The van der Waals surface area contributed by atoms with Gasteiger partial charge in [-0.15, -0.1) is 0 Å². The number of fused-ring (bicyclic) bond motifs is 1. The van der Waals surface area contributed by atoms with E-state index in [4.69, 9.17) is 9.47 Å². The molecule has 0 spiro atoms. The van der Waals surface area contributed by atoms with E-state index in [1.165, 1.54) is 6.42 Å². The number of aliphatic hydroxyl groups is 1. The Labute approximate surface area is 215 Å². The zero-order chi connectivity index (χ0) is 25.9. The lowest BCUT2D eigenvalue weighted by Crippen LogP contribution is -2.14. The summed E-state index contributed by atoms with van der Waals surface area (Å²) in [4.78, 5) is 12.4. The molecule has 0 heterocycles. The molecule has 0 fully saturated rings. The van der Waals surface area contributed by atoms with Gasteiger partial charge in [0, 0.05) is 12.8 Å². The van der Waals surface area contributed by atoms with Crippen molar-refractivity contribution >= 4 is 16.6 Å². The Morgan fingerprint density at radius 3 is 2.50 bits per heavy atom. The van der Waals surface area contributed by atoms with Gasteiger partial charge in [0.2, 0.25) is 0 Å². The first-order chi connectivity index (χ1) is 17.4. The third kappa shape index (κ3) is 7.99. The van der Waals surface area contributed by atoms with Crippen LogP contribution in [0.4, 0.5) is 0 Å². The molecule has 0 aliphatic heterocycles. The number of carbonyl (C=O) groups excluding carboxylic acids is 1. The summed E-state index contributed by atoms with van der Waals surface area (Å²) in [6.07, 6.45) is 6.63. The van der Waals surface area contributed by atoms with Gasteiger partial charge in [0.25, 0.3) is 0 Å². The Kier molecular flexibility index (Phi) is 10.6. The van der Waals surface area contributed by atoms with Crippen LogP contribution in [0.5, 0.6) is 17.2 Å². The van der Waals surface area contributed by atoms with Crippen molar-refractivity contribution in [2.75, 3.05) is 7.11 Å². The van der Waals surface area contributed by atoms with Crippen LogP contribution in [0.15, 0.2) is 48.5 Å². The molecule has 0 bridgehead atoms. The van der Waals surface area contributed by atoms with Gasteiger partial charge in [-0.1, -0.05) is 57.7 Å². The van der Waals surface area contributed by atoms with Crippen LogP contribution in [0.25, 0.3) is 10.8 Å². The fourth-order valence-electron chi connectivity index (χ4n) is 4.55. The van der Waals surface area contributed by atoms with E-state index >= 15 is 0 Å². The van der Waals surface area contributed by atoms with Crippen LogP contribution in [-0.2, 0) is 24.2 Å². The summed E-state index contributed by atoms with van der Waals surface area (Å²) < 4.78 is 11.6. The molecule has 0 aromatic heterocycles. The number of carbonyl (C=O) groups is 1. The number of ether oxygens (including phenoxy) is 2. The van der Waals surface area contributed by atoms with Gasteiger partial charge in [-0.05, 0) is 77.1 Å². The van der Waals surface area contributed by atoms with Gasteiger partial charge in [-0.3, -0.25) is 4.79 Å². The molecular formula is C31H40O5. The minimum absolute atomic E-state index is 0.0882. The average Bonchev–Trinajstić information content (AvgIpc) is 2.88. The summed E-state index contributed by atoms with van der Waals surface area (Å²) >= 11 is 0. The third-order valence-corrected chi connectivity index (χ3v) is 6.64. The highest BCUT2D eigenvalue weighted by atomic mass is 16.5. The van der Waals surface area contributed by atoms with E-state index in [1.54, 1.807) is 13.2 Å². The van der Waals surface area contributed by atoms with E-state index in [2.05, 4.69) is 19.9 Å². The van der Waals surface area contributed by atoms with E-state index in [9.17, 15) is 15.0 Å². The molecule has 3 rings (SSSR count). The molecule has 1 atom stereocenters. The van der Waals surface area contributed by atoms with Crippen LogP contribution in [0.3, 0.4) is 0 Å². The molecule has 0 amide bonds. The zero-order valence-corrected chi connectivity index (χ0v) is 21.9. The highest BCUT2D eigenvalue weighted by molar-refractivity contribution is 5.87. The molecule has 5 heteroatoms. The predicted molar refractivity (Wildman–Crippen MR) is 145 cm³/mol. The van der Waals surface area contributed by atoms with Crippen molar-refractivity contribution in [3.05, 3.63) is 65.2 Å². The van der Waals surface area contributed by atoms with Crippen LogP contribution in [0, 0.1) is 0 Å². The lowest BCUT2D eigenvalue weighted by Gasteiger charge is -2.14. The number of hydrogen-bond donors (Lipinski definition) is 2. The Hall–Kier alpha value is -3.05. The summed E-state index contributed by atoms with van der Waals surface area (Å²) in [6.45, 7) is 4.61. The van der Waals surface area contributed by atoms with Gasteiger partial charge in [0.1, 0.15) is 18.1 Å². The standard InChI is InChI=1S/C31H40O5/c1-4-6-7-8-9-26(32)20-27(33)14-11-22-12-15-30(35-3)31(17-22)36-21-23-10-13-25-19-28(34)18-24(5-2)29(25)16-23/h10,12-13,15-19,26,32,34H,4-9,11,14,20-21H2,1-3H3/t26-/m0/s1. The van der Waals surface area contributed by atoms with E-state index in [0.717, 1.165) is 53.1 Å². The molecule has 0 saturated carbocycles. The maximum Gasteiger partial charge on any atom is 0.161 e. The number of aromatic hydroxyl groups is 1. The first kappa shape index (κ1) is 27.5. The summed E-state index contributed by atoms with van der Waals surface area (Å²) in [7, 11) is 1.61. The molecule has 194 valence electrons. The van der Waals surface area contributed by atoms with E-state index < -0.39 is 6.10 Å². The van der Waals surface area contributed by atoms with Crippen molar-refractivity contribution < 1.29 is 24.5 Å². The quantitative estimate of drug-likeness (QED) is 0.225. The number of unbranched alkanes of at least 4 members (excludes halogenated alkanes) is 3. The Balaban J connectivity index is 1.59. The van der Waals surface area contributed by atoms with Crippen molar-refractivity contribution in [2.24, 2.45) is 0 Å². The number of benzene rings is 3. The van der Waals surface area contributed by atoms with Crippen LogP contribution in [-0.4, -0.2) is 29.2 Å². The van der Waals surface area contributed by atoms with Crippen molar-refractivity contribution in [1.82, 2.24) is 0 Å². The lowest BCUT2D eigenvalue weighted by atomic mass is 10.00. The Morgan fingerprint density at radius 1 is 0.944 bits per heavy atom. The van der Waals surface area contributed by atoms with Crippen LogP contribution < -0.4 is 9.47 Å². The Morgan fingerprint density at radius 2 is 1.75 bits per heavy atom. The SMILES string of the molecule is CCCCCC[C@H](O)CC(=O)CCc1ccc(OC)c(OCc2ccc3cc(O)cc(CC)c3c2)c1. The number of rotatable bonds is 15. The second-order valence-corrected chi connectivity index (χ2v) is 9.53. The topological polar surface area (TPSA) is 76.0 Å². The third-order valence-electron chi connectivity index (χ3n) is 6.64. The molecule has 0 unspecified atom stereocenters. The van der Waals surface area contributed by atoms with Gasteiger partial charge < -0.3 is 19.7 Å². The first-order valence-electron chi connectivity index (χ1n) is 13.2. The zero-order valence-electron chi connectivity index (χ0n) is 21.9. The highest BCUT2D eigenvalue weighted by Gasteiger charge is 2.13. The van der Waals surface area contributed by atoms with Gasteiger partial charge in [-0.2, -0.15) is 0 Å². The van der Waals surface area contributed by atoms with Crippen molar-refractivity contribution in [2.45, 2.75) is 84.3 Å². The fourth-order valence-corrected chi connectivity index (χ4v) is 4.55. The van der Waals surface area contributed by atoms with Crippen LogP contribution in [0.2, 0.25) is 0 Å². The maximum absolute atomic E-state index is 12.4. The molecule has 36 heavy (non-hydrogen) atoms. The van der Waals surface area contributed by atoms with Crippen molar-refractivity contribution in [3.8, 4) is 17.2 Å². The second-order valence-electron chi connectivity index (χ2n) is 9.53. The summed E-state index contributed by atoms with van der Waals surface area (Å²) in [5, 5.41) is 22.2. The summed E-state index contributed by atoms with van der Waals surface area (Å²) in [5.74, 6) is 1.66. The second kappa shape index (κ2) is 13.9. The molecule has 0 aliphatic carbocycles. The molecule has 0 aliphatic rings. The molecule has 3 aromatic carbocycles. The number of aryl methyl sites for hydroxylation is 2. The molecule has 0 radical (unpaired) electrons. The van der Waals surface area contributed by atoms with Crippen LogP contribution in [0.1, 0.15) is 75.5 Å². The number of Topliss-reactive ketones (excluding diaryl/α,β-unsaturated/α-hetero) is 1. The molecule has 5 nitrogen and oxygen atoms in total. The summed E-state index contributed by atoms with van der Waals surface area (Å²) in [5.41, 5.74) is 3.12. The minimum atomic E-state index is -0.539. The normalized spacial score (nSPS) is 12.0. The van der Waals surface area contributed by atoms with E-state index in [0.29, 0.717) is 37.4 Å². The number of hydrogen-bond acceptors (Lipinski definition) is 5. The monoisotopic (exact) mass is 492 g/mol. The molecule has 3 aromatic rings. The van der Waals surface area contributed by atoms with E-state index in [1.807, 2.05) is 36.4 Å². The van der Waals surface area contributed by atoms with Crippen molar-refractivity contribution in [1.29, 1.82) is 0 Å². The fraction of sp³-hybridized carbons (Fsp3) is 0.452. The van der Waals surface area contributed by atoms with Gasteiger partial charge >= 0.3 is 0 Å². The maximum atomic E-state index is 12.4. The van der Waals surface area contributed by atoms with Gasteiger partial charge in [-0.25, -0.2) is 0 Å². The number of ketones is 1. The Bertz CT molecular complexity index is 1140. The summed E-state index contributed by atoms with van der Waals surface area (Å²) in [6, 6.07) is 15.5. The highest BCUT2D eigenvalue weighted by Crippen LogP contribution is 2.31. The number of methoxy groups -OCH3 is 1. The number of phenols is 1.